The zero-order valence-corrected chi connectivity index (χ0v) is 13.1. The van der Waals surface area contributed by atoms with Crippen LogP contribution in [0.1, 0.15) is 38.5 Å². The lowest BCUT2D eigenvalue weighted by Crippen LogP contribution is -2.44. The van der Waals surface area contributed by atoms with Gasteiger partial charge in [0, 0.05) is 26.2 Å². The van der Waals surface area contributed by atoms with Crippen molar-refractivity contribution in [2.75, 3.05) is 53.0 Å². The first-order chi connectivity index (χ1) is 9.74. The summed E-state index contributed by atoms with van der Waals surface area (Å²) < 4.78 is 5.33. The average Bonchev–Trinajstić information content (AvgIpc) is 2.93. The normalized spacial score (nSPS) is 23.6. The van der Waals surface area contributed by atoms with Crippen molar-refractivity contribution in [3.05, 3.63) is 0 Å². The number of morpholine rings is 1. The molecule has 0 bridgehead atoms. The first-order valence-electron chi connectivity index (χ1n) is 8.41. The Hall–Kier alpha value is -0.160. The van der Waals surface area contributed by atoms with Gasteiger partial charge in [0.15, 0.2) is 0 Å². The highest BCUT2D eigenvalue weighted by Crippen LogP contribution is 2.28. The summed E-state index contributed by atoms with van der Waals surface area (Å²) >= 11 is 0. The molecule has 0 radical (unpaired) electrons. The van der Waals surface area contributed by atoms with Gasteiger partial charge in [-0.25, -0.2) is 0 Å². The monoisotopic (exact) mass is 284 g/mol. The highest BCUT2D eigenvalue weighted by atomic mass is 16.5. The van der Waals surface area contributed by atoms with Crippen molar-refractivity contribution >= 4 is 0 Å². The van der Waals surface area contributed by atoms with Crippen molar-refractivity contribution in [1.29, 1.82) is 0 Å². The van der Waals surface area contributed by atoms with Crippen LogP contribution in [0.25, 0.3) is 0 Å². The third kappa shape index (κ3) is 6.08. The minimum atomic E-state index is -0.232. The van der Waals surface area contributed by atoms with Crippen molar-refractivity contribution < 1.29 is 9.84 Å². The van der Waals surface area contributed by atoms with Gasteiger partial charge in [-0.15, -0.1) is 0 Å². The molecule has 1 aliphatic carbocycles. The molecular formula is C16H32N2O2. The van der Waals surface area contributed by atoms with Crippen molar-refractivity contribution in [3.63, 3.8) is 0 Å². The number of aliphatic hydroxyl groups is 1. The molecule has 0 aromatic heterocycles. The van der Waals surface area contributed by atoms with Crippen LogP contribution < -0.4 is 0 Å². The molecule has 0 amide bonds. The highest BCUT2D eigenvalue weighted by Gasteiger charge is 2.17. The minimum Gasteiger partial charge on any atom is -0.390 e. The third-order valence-corrected chi connectivity index (χ3v) is 4.72. The molecule has 0 aromatic rings. The second-order valence-corrected chi connectivity index (χ2v) is 6.62. The number of β-amino-alcohol motifs (C(OH)–C–C–N with tert-alkyl or cyclic N) is 1. The van der Waals surface area contributed by atoms with Crippen LogP contribution >= 0.6 is 0 Å². The van der Waals surface area contributed by atoms with Crippen LogP contribution in [-0.4, -0.2) is 74.0 Å². The predicted molar refractivity (Wildman–Crippen MR) is 82.0 cm³/mol. The van der Waals surface area contributed by atoms with E-state index in [2.05, 4.69) is 16.8 Å². The molecule has 1 saturated heterocycles. The van der Waals surface area contributed by atoms with E-state index in [0.717, 1.165) is 51.9 Å². The Kier molecular flexibility index (Phi) is 7.28. The van der Waals surface area contributed by atoms with E-state index in [4.69, 9.17) is 4.74 Å². The van der Waals surface area contributed by atoms with Crippen molar-refractivity contribution in [2.45, 2.75) is 44.6 Å². The number of ether oxygens (including phenoxy) is 1. The van der Waals surface area contributed by atoms with Gasteiger partial charge in [-0.2, -0.15) is 0 Å². The molecule has 0 spiro atoms. The molecule has 1 atom stereocenters. The fourth-order valence-electron chi connectivity index (χ4n) is 3.54. The number of aliphatic hydroxyl groups excluding tert-OH is 1. The molecule has 1 N–H and O–H groups in total. The lowest BCUT2D eigenvalue weighted by Gasteiger charge is -2.30. The zero-order chi connectivity index (χ0) is 14.2. The lowest BCUT2D eigenvalue weighted by atomic mass is 10.0. The summed E-state index contributed by atoms with van der Waals surface area (Å²) in [6.07, 6.45) is 8.21. The molecule has 0 aromatic carbocycles. The zero-order valence-electron chi connectivity index (χ0n) is 13.1. The summed E-state index contributed by atoms with van der Waals surface area (Å²) in [4.78, 5) is 4.60. The maximum atomic E-state index is 10.2. The first kappa shape index (κ1) is 16.2. The molecule has 4 heteroatoms. The number of nitrogens with zero attached hydrogens (tertiary/aromatic N) is 2. The maximum absolute atomic E-state index is 10.2. The van der Waals surface area contributed by atoms with E-state index in [0.29, 0.717) is 0 Å². The van der Waals surface area contributed by atoms with E-state index in [1.807, 2.05) is 0 Å². The molecule has 1 saturated carbocycles. The Bertz CT molecular complexity index is 251. The van der Waals surface area contributed by atoms with Crippen LogP contribution in [0.4, 0.5) is 0 Å². The van der Waals surface area contributed by atoms with Crippen LogP contribution in [0.15, 0.2) is 0 Å². The van der Waals surface area contributed by atoms with E-state index in [1.165, 1.54) is 38.5 Å². The number of hydrogen-bond acceptors (Lipinski definition) is 4. The highest BCUT2D eigenvalue weighted by molar-refractivity contribution is 4.71. The molecular weight excluding hydrogens is 252 g/mol. The van der Waals surface area contributed by atoms with E-state index in [1.54, 1.807) is 0 Å². The molecule has 1 heterocycles. The summed E-state index contributed by atoms with van der Waals surface area (Å²) in [5, 5.41) is 10.2. The lowest BCUT2D eigenvalue weighted by molar-refractivity contribution is 0.00859. The van der Waals surface area contributed by atoms with Gasteiger partial charge in [-0.3, -0.25) is 4.90 Å². The fourth-order valence-corrected chi connectivity index (χ4v) is 3.54. The van der Waals surface area contributed by atoms with Crippen molar-refractivity contribution in [3.8, 4) is 0 Å². The summed E-state index contributed by atoms with van der Waals surface area (Å²) in [6, 6.07) is 0. The van der Waals surface area contributed by atoms with Crippen LogP contribution in [0.5, 0.6) is 0 Å². The number of rotatable bonds is 8. The van der Waals surface area contributed by atoms with Gasteiger partial charge in [0.25, 0.3) is 0 Å². The molecule has 2 fully saturated rings. The van der Waals surface area contributed by atoms with Crippen molar-refractivity contribution in [2.24, 2.45) is 5.92 Å². The topological polar surface area (TPSA) is 35.9 Å². The van der Waals surface area contributed by atoms with E-state index in [9.17, 15) is 5.11 Å². The average molecular weight is 284 g/mol. The van der Waals surface area contributed by atoms with Gasteiger partial charge in [-0.1, -0.05) is 25.7 Å². The first-order valence-corrected chi connectivity index (χ1v) is 8.41. The van der Waals surface area contributed by atoms with Gasteiger partial charge >= 0.3 is 0 Å². The Labute approximate surface area is 124 Å². The third-order valence-electron chi connectivity index (χ3n) is 4.72. The molecule has 2 aliphatic rings. The Morgan fingerprint density at radius 3 is 2.65 bits per heavy atom. The molecule has 2 rings (SSSR count). The Balaban J connectivity index is 1.52. The van der Waals surface area contributed by atoms with Gasteiger partial charge in [0.2, 0.25) is 0 Å². The van der Waals surface area contributed by atoms with Crippen molar-refractivity contribution in [1.82, 2.24) is 9.80 Å². The minimum absolute atomic E-state index is 0.232. The van der Waals surface area contributed by atoms with E-state index in [-0.39, 0.29) is 6.10 Å². The largest absolute Gasteiger partial charge is 0.390 e. The maximum Gasteiger partial charge on any atom is 0.0793 e. The Morgan fingerprint density at radius 1 is 1.25 bits per heavy atom. The van der Waals surface area contributed by atoms with Crippen LogP contribution in [0.2, 0.25) is 0 Å². The SMILES string of the molecule is CN(CCCC1CCCC1)CC(O)CN1CCOCC1. The molecule has 20 heavy (non-hydrogen) atoms. The van der Waals surface area contributed by atoms with E-state index >= 15 is 0 Å². The molecule has 1 aliphatic heterocycles. The second-order valence-electron chi connectivity index (χ2n) is 6.62. The molecule has 118 valence electrons. The Morgan fingerprint density at radius 2 is 1.95 bits per heavy atom. The fraction of sp³-hybridized carbons (Fsp3) is 1.00. The molecule has 1 unspecified atom stereocenters. The summed E-state index contributed by atoms with van der Waals surface area (Å²) in [7, 11) is 2.14. The van der Waals surface area contributed by atoms with Gasteiger partial charge < -0.3 is 14.7 Å². The summed E-state index contributed by atoms with van der Waals surface area (Å²) in [5.41, 5.74) is 0. The number of likely N-dealkylation sites (N-methyl/N-ethyl adjacent to an activating group) is 1. The van der Waals surface area contributed by atoms with Crippen LogP contribution in [-0.2, 0) is 4.74 Å². The van der Waals surface area contributed by atoms with Crippen LogP contribution in [0.3, 0.4) is 0 Å². The summed E-state index contributed by atoms with van der Waals surface area (Å²) in [6.45, 7) is 6.24. The number of hydrogen-bond donors (Lipinski definition) is 1. The van der Waals surface area contributed by atoms with E-state index < -0.39 is 0 Å². The standard InChI is InChI=1S/C16H32N2O2/c1-17(8-4-7-15-5-2-3-6-15)13-16(19)14-18-9-11-20-12-10-18/h15-16,19H,2-14H2,1H3. The quantitative estimate of drug-likeness (QED) is 0.734. The second kappa shape index (κ2) is 8.98. The van der Waals surface area contributed by atoms with Crippen LogP contribution in [0, 0.1) is 5.92 Å². The van der Waals surface area contributed by atoms with Gasteiger partial charge in [0.1, 0.15) is 0 Å². The molecule has 4 nitrogen and oxygen atoms in total. The van der Waals surface area contributed by atoms with Gasteiger partial charge in [0.05, 0.1) is 19.3 Å². The predicted octanol–water partition coefficient (Wildman–Crippen LogP) is 1.58. The van der Waals surface area contributed by atoms with Gasteiger partial charge in [-0.05, 0) is 32.4 Å². The smallest absolute Gasteiger partial charge is 0.0793 e. The summed E-state index contributed by atoms with van der Waals surface area (Å²) in [5.74, 6) is 0.988.